The normalized spacial score (nSPS) is 10.3. The van der Waals surface area contributed by atoms with Crippen LogP contribution in [0.1, 0.15) is 15.9 Å². The molecule has 94 valence electrons. The van der Waals surface area contributed by atoms with Crippen LogP contribution < -0.4 is 4.74 Å². The highest BCUT2D eigenvalue weighted by Crippen LogP contribution is 2.12. The number of carboxylic acid groups (broad SMARTS) is 1. The van der Waals surface area contributed by atoms with Crippen molar-refractivity contribution in [3.8, 4) is 5.75 Å². The van der Waals surface area contributed by atoms with Crippen LogP contribution in [0.3, 0.4) is 0 Å². The fourth-order valence-electron chi connectivity index (χ4n) is 1.76. The first-order valence-corrected chi connectivity index (χ1v) is 5.71. The monoisotopic (exact) mass is 245 g/mol. The second-order valence-electron chi connectivity index (χ2n) is 4.04. The Bertz CT molecular complexity index is 528. The minimum atomic E-state index is -0.891. The first-order chi connectivity index (χ1) is 8.69. The Kier molecular flexibility index (Phi) is 3.67. The summed E-state index contributed by atoms with van der Waals surface area (Å²) in [6.07, 6.45) is 4.29. The highest BCUT2D eigenvalue weighted by molar-refractivity contribution is 5.87. The summed E-state index contributed by atoms with van der Waals surface area (Å²) in [7, 11) is 1.64. The molecule has 0 saturated heterocycles. The van der Waals surface area contributed by atoms with Gasteiger partial charge in [0.1, 0.15) is 5.75 Å². The molecule has 0 spiro atoms. The number of benzene rings is 1. The van der Waals surface area contributed by atoms with Gasteiger partial charge in [0.15, 0.2) is 0 Å². The van der Waals surface area contributed by atoms with Gasteiger partial charge in [-0.1, -0.05) is 12.1 Å². The van der Waals surface area contributed by atoms with Crippen molar-refractivity contribution in [1.29, 1.82) is 0 Å². The quantitative estimate of drug-likeness (QED) is 0.880. The first kappa shape index (κ1) is 12.2. The summed E-state index contributed by atoms with van der Waals surface area (Å²) in [5.41, 5.74) is 1.52. The smallest absolute Gasteiger partial charge is 0.337 e. The summed E-state index contributed by atoms with van der Waals surface area (Å²) in [6, 6.07) is 9.48. The Labute approximate surface area is 105 Å². The molecule has 1 N–H and O–H groups in total. The molecule has 18 heavy (non-hydrogen) atoms. The molecule has 0 aliphatic carbocycles. The molecule has 2 aromatic rings. The van der Waals surface area contributed by atoms with Gasteiger partial charge in [-0.25, -0.2) is 4.79 Å². The Morgan fingerprint density at radius 1 is 1.28 bits per heavy atom. The van der Waals surface area contributed by atoms with E-state index in [9.17, 15) is 4.79 Å². The number of hydrogen-bond acceptors (Lipinski definition) is 2. The van der Waals surface area contributed by atoms with Gasteiger partial charge in [0, 0.05) is 18.9 Å². The van der Waals surface area contributed by atoms with Gasteiger partial charge >= 0.3 is 5.97 Å². The molecule has 4 nitrogen and oxygen atoms in total. The number of nitrogens with zero attached hydrogens (tertiary/aromatic N) is 1. The first-order valence-electron chi connectivity index (χ1n) is 5.71. The van der Waals surface area contributed by atoms with Crippen LogP contribution >= 0.6 is 0 Å². The number of aromatic carboxylic acids is 1. The molecule has 0 radical (unpaired) electrons. The maximum Gasteiger partial charge on any atom is 0.337 e. The maximum atomic E-state index is 10.7. The van der Waals surface area contributed by atoms with Crippen molar-refractivity contribution in [1.82, 2.24) is 4.57 Å². The van der Waals surface area contributed by atoms with Crippen LogP contribution in [0.2, 0.25) is 0 Å². The Morgan fingerprint density at radius 2 is 2.00 bits per heavy atom. The predicted octanol–water partition coefficient (Wildman–Crippen LogP) is 2.44. The zero-order valence-corrected chi connectivity index (χ0v) is 10.2. The van der Waals surface area contributed by atoms with Gasteiger partial charge < -0.3 is 14.4 Å². The molecule has 0 bridgehead atoms. The topological polar surface area (TPSA) is 51.5 Å². The van der Waals surface area contributed by atoms with Crippen LogP contribution in [0, 0.1) is 0 Å². The molecular weight excluding hydrogens is 230 g/mol. The van der Waals surface area contributed by atoms with E-state index in [4.69, 9.17) is 9.84 Å². The summed E-state index contributed by atoms with van der Waals surface area (Å²) in [6.45, 7) is 0.764. The molecule has 0 aliphatic rings. The van der Waals surface area contributed by atoms with E-state index in [0.29, 0.717) is 5.56 Å². The molecule has 1 heterocycles. The molecule has 0 fully saturated rings. The van der Waals surface area contributed by atoms with Crippen molar-refractivity contribution < 1.29 is 14.6 Å². The van der Waals surface area contributed by atoms with E-state index >= 15 is 0 Å². The van der Waals surface area contributed by atoms with E-state index in [1.807, 2.05) is 28.8 Å². The number of methoxy groups -OCH3 is 1. The van der Waals surface area contributed by atoms with Gasteiger partial charge in [0.05, 0.1) is 12.7 Å². The van der Waals surface area contributed by atoms with E-state index < -0.39 is 5.97 Å². The second-order valence-corrected chi connectivity index (χ2v) is 4.04. The Morgan fingerprint density at radius 3 is 2.56 bits per heavy atom. The highest BCUT2D eigenvalue weighted by Gasteiger charge is 2.04. The maximum absolute atomic E-state index is 10.7. The zero-order chi connectivity index (χ0) is 13.0. The average Bonchev–Trinajstić information content (AvgIpc) is 2.86. The number of ether oxygens (including phenoxy) is 1. The third-order valence-electron chi connectivity index (χ3n) is 2.82. The third kappa shape index (κ3) is 2.91. The molecule has 0 atom stereocenters. The number of rotatable bonds is 5. The molecular formula is C14H15NO3. The Balaban J connectivity index is 1.95. The SMILES string of the molecule is COc1ccc(CCn2ccc(C(=O)O)c2)cc1. The number of aromatic nitrogens is 1. The number of aryl methyl sites for hydroxylation is 2. The molecule has 0 saturated carbocycles. The standard InChI is InChI=1S/C14H15NO3/c1-18-13-4-2-11(3-5-13)6-8-15-9-7-12(10-15)14(16)17/h2-5,7,9-10H,6,8H2,1H3,(H,16,17). The van der Waals surface area contributed by atoms with Gasteiger partial charge in [-0.15, -0.1) is 0 Å². The average molecular weight is 245 g/mol. The fraction of sp³-hybridized carbons (Fsp3) is 0.214. The minimum absolute atomic E-state index is 0.324. The van der Waals surface area contributed by atoms with Crippen LogP contribution in [-0.4, -0.2) is 22.8 Å². The lowest BCUT2D eigenvalue weighted by Gasteiger charge is -2.04. The molecule has 1 aromatic heterocycles. The minimum Gasteiger partial charge on any atom is -0.497 e. The van der Waals surface area contributed by atoms with Crippen molar-refractivity contribution in [2.24, 2.45) is 0 Å². The lowest BCUT2D eigenvalue weighted by molar-refractivity contribution is 0.0697. The van der Waals surface area contributed by atoms with E-state index in [0.717, 1.165) is 18.7 Å². The van der Waals surface area contributed by atoms with Crippen LogP contribution in [0.15, 0.2) is 42.7 Å². The van der Waals surface area contributed by atoms with Gasteiger partial charge in [-0.05, 0) is 30.2 Å². The second kappa shape index (κ2) is 5.40. The summed E-state index contributed by atoms with van der Waals surface area (Å²) < 4.78 is 6.97. The molecule has 2 rings (SSSR count). The van der Waals surface area contributed by atoms with Crippen LogP contribution in [-0.2, 0) is 13.0 Å². The molecule has 4 heteroatoms. The van der Waals surface area contributed by atoms with E-state index in [1.165, 1.54) is 5.56 Å². The van der Waals surface area contributed by atoms with Crippen molar-refractivity contribution in [2.75, 3.05) is 7.11 Å². The molecule has 0 unspecified atom stereocenters. The van der Waals surface area contributed by atoms with Gasteiger partial charge in [-0.3, -0.25) is 0 Å². The summed E-state index contributed by atoms with van der Waals surface area (Å²) in [5, 5.41) is 8.81. The lowest BCUT2D eigenvalue weighted by Crippen LogP contribution is -1.99. The predicted molar refractivity (Wildman–Crippen MR) is 68.1 cm³/mol. The van der Waals surface area contributed by atoms with E-state index in [1.54, 1.807) is 25.6 Å². The largest absolute Gasteiger partial charge is 0.497 e. The number of hydrogen-bond donors (Lipinski definition) is 1. The fourth-order valence-corrected chi connectivity index (χ4v) is 1.76. The van der Waals surface area contributed by atoms with E-state index in [-0.39, 0.29) is 0 Å². The van der Waals surface area contributed by atoms with Crippen LogP contribution in [0.5, 0.6) is 5.75 Å². The molecule has 1 aromatic carbocycles. The summed E-state index contributed by atoms with van der Waals surface area (Å²) >= 11 is 0. The molecule has 0 aliphatic heterocycles. The van der Waals surface area contributed by atoms with Gasteiger partial charge in [-0.2, -0.15) is 0 Å². The Hall–Kier alpha value is -2.23. The van der Waals surface area contributed by atoms with Crippen LogP contribution in [0.25, 0.3) is 0 Å². The van der Waals surface area contributed by atoms with Crippen molar-refractivity contribution in [3.63, 3.8) is 0 Å². The lowest BCUT2D eigenvalue weighted by atomic mass is 10.1. The molecule has 0 amide bonds. The highest BCUT2D eigenvalue weighted by atomic mass is 16.5. The van der Waals surface area contributed by atoms with Crippen molar-refractivity contribution in [2.45, 2.75) is 13.0 Å². The van der Waals surface area contributed by atoms with Crippen molar-refractivity contribution >= 4 is 5.97 Å². The van der Waals surface area contributed by atoms with Crippen LogP contribution in [0.4, 0.5) is 0 Å². The number of carbonyl (C=O) groups is 1. The number of carboxylic acids is 1. The third-order valence-corrected chi connectivity index (χ3v) is 2.82. The van der Waals surface area contributed by atoms with E-state index in [2.05, 4.69) is 0 Å². The van der Waals surface area contributed by atoms with Gasteiger partial charge in [0.2, 0.25) is 0 Å². The summed E-state index contributed by atoms with van der Waals surface area (Å²) in [4.78, 5) is 10.7. The summed E-state index contributed by atoms with van der Waals surface area (Å²) in [5.74, 6) is -0.0499. The zero-order valence-electron chi connectivity index (χ0n) is 10.2. The van der Waals surface area contributed by atoms with Gasteiger partial charge in [0.25, 0.3) is 0 Å². The van der Waals surface area contributed by atoms with Crippen molar-refractivity contribution in [3.05, 3.63) is 53.9 Å².